The standard InChI is InChI=1S/C23H20ClF3N2O2S/c1-2-32(31)21-6-5-19(24)12-18(21)14-29-22(30)17-4-3-16(20(13-17)23(25,26)27)11-15-7-9-28-10-8-15/h3-10,12-13H,2,11,14H2,1H3,(H,29,30). The van der Waals surface area contributed by atoms with Gasteiger partial charge >= 0.3 is 6.18 Å². The smallest absolute Gasteiger partial charge is 0.416 e. The number of carbonyl (C=O) groups is 1. The zero-order valence-electron chi connectivity index (χ0n) is 17.1. The first-order chi connectivity index (χ1) is 15.2. The number of amides is 1. The van der Waals surface area contributed by atoms with Gasteiger partial charge < -0.3 is 9.87 Å². The molecule has 9 heteroatoms. The van der Waals surface area contributed by atoms with Gasteiger partial charge in [-0.3, -0.25) is 9.78 Å². The average molecular weight is 481 g/mol. The second-order valence-electron chi connectivity index (χ2n) is 6.97. The third-order valence-corrected chi connectivity index (χ3v) is 6.44. The first kappa shape index (κ1) is 24.1. The van der Waals surface area contributed by atoms with Crippen LogP contribution in [0.3, 0.4) is 0 Å². The van der Waals surface area contributed by atoms with E-state index in [0.29, 0.717) is 26.8 Å². The van der Waals surface area contributed by atoms with Crippen molar-refractivity contribution in [2.75, 3.05) is 5.75 Å². The van der Waals surface area contributed by atoms with Crippen molar-refractivity contribution < 1.29 is 22.5 Å². The molecule has 0 aliphatic rings. The highest BCUT2D eigenvalue weighted by atomic mass is 35.5. The van der Waals surface area contributed by atoms with Gasteiger partial charge in [0.25, 0.3) is 5.91 Å². The van der Waals surface area contributed by atoms with Crippen molar-refractivity contribution in [1.82, 2.24) is 10.3 Å². The summed E-state index contributed by atoms with van der Waals surface area (Å²) in [5.41, 5.74) is 0.320. The fraction of sp³-hybridized carbons (Fsp3) is 0.217. The predicted molar refractivity (Wildman–Crippen MR) is 118 cm³/mol. The number of aromatic nitrogens is 1. The summed E-state index contributed by atoms with van der Waals surface area (Å²) < 4.78 is 53.3. The van der Waals surface area contributed by atoms with Crippen molar-refractivity contribution >= 4 is 28.7 Å². The summed E-state index contributed by atoms with van der Waals surface area (Å²) in [4.78, 5) is 17.0. The summed E-state index contributed by atoms with van der Waals surface area (Å²) in [5.74, 6) is -0.282. The Morgan fingerprint density at radius 1 is 1.09 bits per heavy atom. The first-order valence-electron chi connectivity index (χ1n) is 9.73. The molecule has 0 aliphatic carbocycles. The molecule has 1 aromatic heterocycles. The Labute approximate surface area is 192 Å². The molecule has 1 heterocycles. The number of carbonyl (C=O) groups excluding carboxylic acids is 1. The number of nitrogens with one attached hydrogen (secondary N) is 1. The molecule has 2 aromatic carbocycles. The number of hydrogen-bond acceptors (Lipinski definition) is 3. The predicted octanol–water partition coefficient (Wildman–Crippen LogP) is 5.40. The third-order valence-electron chi connectivity index (χ3n) is 4.79. The number of alkyl halides is 3. The highest BCUT2D eigenvalue weighted by molar-refractivity contribution is 7.91. The Kier molecular flexibility index (Phi) is 7.82. The lowest BCUT2D eigenvalue weighted by molar-refractivity contribution is -0.138. The van der Waals surface area contributed by atoms with E-state index in [1.807, 2.05) is 0 Å². The monoisotopic (exact) mass is 480 g/mol. The summed E-state index contributed by atoms with van der Waals surface area (Å²) in [7, 11) is 0. The van der Waals surface area contributed by atoms with Gasteiger partial charge in [0.2, 0.25) is 0 Å². The van der Waals surface area contributed by atoms with Crippen LogP contribution in [0.1, 0.15) is 39.5 Å². The Morgan fingerprint density at radius 3 is 2.47 bits per heavy atom. The molecule has 1 unspecified atom stereocenters. The van der Waals surface area contributed by atoms with Crippen molar-refractivity contribution in [3.05, 3.63) is 93.8 Å². The second-order valence-corrected chi connectivity index (χ2v) is 9.12. The van der Waals surface area contributed by atoms with E-state index in [0.717, 1.165) is 6.07 Å². The molecule has 0 saturated heterocycles. The van der Waals surface area contributed by atoms with Crippen LogP contribution in [0.5, 0.6) is 0 Å². The molecule has 4 nitrogen and oxygen atoms in total. The van der Waals surface area contributed by atoms with E-state index < -0.39 is 28.8 Å². The average Bonchev–Trinajstić information content (AvgIpc) is 2.77. The molecule has 0 saturated carbocycles. The quantitative estimate of drug-likeness (QED) is 0.460. The van der Waals surface area contributed by atoms with E-state index >= 15 is 0 Å². The number of nitrogens with zero attached hydrogens (tertiary/aromatic N) is 1. The first-order valence-corrected chi connectivity index (χ1v) is 11.4. The Balaban J connectivity index is 1.82. The number of benzene rings is 2. The molecule has 0 fully saturated rings. The van der Waals surface area contributed by atoms with Crippen LogP contribution in [0.4, 0.5) is 13.2 Å². The molecule has 1 amide bonds. The minimum Gasteiger partial charge on any atom is -0.611 e. The number of pyridine rings is 1. The molecule has 0 radical (unpaired) electrons. The number of rotatable bonds is 7. The molecule has 32 heavy (non-hydrogen) atoms. The maximum absolute atomic E-state index is 13.7. The Bertz CT molecular complexity index is 1090. The van der Waals surface area contributed by atoms with Crippen LogP contribution >= 0.6 is 11.6 Å². The summed E-state index contributed by atoms with van der Waals surface area (Å²) in [6.45, 7) is 1.75. The van der Waals surface area contributed by atoms with Gasteiger partial charge in [-0.1, -0.05) is 17.7 Å². The lowest BCUT2D eigenvalue weighted by Crippen LogP contribution is -2.25. The second kappa shape index (κ2) is 10.4. The maximum atomic E-state index is 13.7. The van der Waals surface area contributed by atoms with E-state index in [4.69, 9.17) is 11.6 Å². The number of hydrogen-bond donors (Lipinski definition) is 1. The Morgan fingerprint density at radius 2 is 1.81 bits per heavy atom. The summed E-state index contributed by atoms with van der Waals surface area (Å²) in [5, 5.41) is 3.01. The van der Waals surface area contributed by atoms with Gasteiger partial charge in [0.05, 0.1) is 5.56 Å². The van der Waals surface area contributed by atoms with Gasteiger partial charge in [-0.05, 0) is 78.1 Å². The van der Waals surface area contributed by atoms with E-state index in [-0.39, 0.29) is 24.1 Å². The molecule has 0 bridgehead atoms. The maximum Gasteiger partial charge on any atom is 0.416 e. The lowest BCUT2D eigenvalue weighted by atomic mass is 9.97. The number of halogens is 4. The van der Waals surface area contributed by atoms with Crippen LogP contribution in [-0.2, 0) is 30.3 Å². The fourth-order valence-corrected chi connectivity index (χ4v) is 4.35. The van der Waals surface area contributed by atoms with Gasteiger partial charge in [-0.25, -0.2) is 0 Å². The SMILES string of the molecule is CC[S+]([O-])c1ccc(Cl)cc1CNC(=O)c1ccc(Cc2ccncc2)c(C(F)(F)F)c1. The zero-order chi connectivity index (χ0) is 23.3. The molecule has 0 aliphatic heterocycles. The normalized spacial score (nSPS) is 12.4. The zero-order valence-corrected chi connectivity index (χ0v) is 18.7. The van der Waals surface area contributed by atoms with Crippen molar-refractivity contribution in [2.45, 2.75) is 31.0 Å². The molecule has 0 spiro atoms. The summed E-state index contributed by atoms with van der Waals surface area (Å²) >= 11 is 4.74. The Hall–Kier alpha value is -2.55. The van der Waals surface area contributed by atoms with E-state index in [2.05, 4.69) is 10.3 Å². The van der Waals surface area contributed by atoms with E-state index in [1.54, 1.807) is 37.3 Å². The molecule has 3 aromatic rings. The van der Waals surface area contributed by atoms with Gasteiger partial charge in [0, 0.05) is 35.1 Å². The van der Waals surface area contributed by atoms with Crippen molar-refractivity contribution in [2.24, 2.45) is 0 Å². The molecule has 1 atom stereocenters. The minimum absolute atomic E-state index is 0.0133. The van der Waals surface area contributed by atoms with Gasteiger partial charge in [-0.2, -0.15) is 13.2 Å². The largest absolute Gasteiger partial charge is 0.611 e. The van der Waals surface area contributed by atoms with Crippen LogP contribution in [0.25, 0.3) is 0 Å². The molecule has 3 rings (SSSR count). The summed E-state index contributed by atoms with van der Waals surface area (Å²) in [6.07, 6.45) is -1.52. The van der Waals surface area contributed by atoms with Gasteiger partial charge in [-0.15, -0.1) is 0 Å². The molecule has 1 N–H and O–H groups in total. The fourth-order valence-electron chi connectivity index (χ4n) is 3.20. The topological polar surface area (TPSA) is 65.0 Å². The van der Waals surface area contributed by atoms with Crippen molar-refractivity contribution in [3.8, 4) is 0 Å². The third kappa shape index (κ3) is 6.03. The highest BCUT2D eigenvalue weighted by Gasteiger charge is 2.34. The minimum atomic E-state index is -4.61. The highest BCUT2D eigenvalue weighted by Crippen LogP contribution is 2.34. The van der Waals surface area contributed by atoms with Crippen molar-refractivity contribution in [3.63, 3.8) is 0 Å². The summed E-state index contributed by atoms with van der Waals surface area (Å²) in [6, 6.07) is 11.6. The van der Waals surface area contributed by atoms with Gasteiger partial charge in [0.1, 0.15) is 5.75 Å². The van der Waals surface area contributed by atoms with Crippen LogP contribution in [-0.4, -0.2) is 21.2 Å². The van der Waals surface area contributed by atoms with Crippen LogP contribution in [0, 0.1) is 0 Å². The van der Waals surface area contributed by atoms with E-state index in [9.17, 15) is 22.5 Å². The molecule has 168 valence electrons. The van der Waals surface area contributed by atoms with E-state index in [1.165, 1.54) is 24.5 Å². The van der Waals surface area contributed by atoms with Crippen LogP contribution in [0.15, 0.2) is 65.8 Å². The van der Waals surface area contributed by atoms with Crippen LogP contribution < -0.4 is 5.32 Å². The lowest BCUT2D eigenvalue weighted by Gasteiger charge is -2.16. The molecular weight excluding hydrogens is 461 g/mol. The molecular formula is C23H20ClF3N2O2S. The van der Waals surface area contributed by atoms with Gasteiger partial charge in [0.15, 0.2) is 4.90 Å². The van der Waals surface area contributed by atoms with Crippen molar-refractivity contribution in [1.29, 1.82) is 0 Å². The van der Waals surface area contributed by atoms with Crippen LogP contribution in [0.2, 0.25) is 5.02 Å².